The number of benzene rings is 1. The summed E-state index contributed by atoms with van der Waals surface area (Å²) in [6.45, 7) is 0. The molecule has 0 heterocycles. The van der Waals surface area contributed by atoms with Crippen LogP contribution >= 0.6 is 39.1 Å². The zero-order chi connectivity index (χ0) is 8.97. The van der Waals surface area contributed by atoms with E-state index >= 15 is 0 Å². The number of allylic oxidation sites excluding steroid dienone is 1. The van der Waals surface area contributed by atoms with Crippen molar-refractivity contribution in [2.75, 3.05) is 0 Å². The van der Waals surface area contributed by atoms with Crippen LogP contribution in [-0.4, -0.2) is 0 Å². The van der Waals surface area contributed by atoms with Gasteiger partial charge in [0.25, 0.3) is 0 Å². The van der Waals surface area contributed by atoms with Crippen molar-refractivity contribution in [3.8, 4) is 0 Å². The summed E-state index contributed by atoms with van der Waals surface area (Å²) in [5.74, 6) is 0. The van der Waals surface area contributed by atoms with E-state index in [-0.39, 0.29) is 9.32 Å². The molecular weight excluding hydrogens is 259 g/mol. The minimum atomic E-state index is 0.0868. The lowest BCUT2D eigenvalue weighted by atomic mass is 10.1. The van der Waals surface area contributed by atoms with Gasteiger partial charge in [0.1, 0.15) is 4.49 Å². The van der Waals surface area contributed by atoms with Crippen LogP contribution in [0.2, 0.25) is 0 Å². The number of halogens is 3. The summed E-state index contributed by atoms with van der Waals surface area (Å²) in [5.41, 5.74) is 1.14. The molecule has 0 aliphatic carbocycles. The van der Waals surface area contributed by atoms with Crippen LogP contribution in [0.4, 0.5) is 0 Å². The normalized spacial score (nSPS) is 12.2. The summed E-state index contributed by atoms with van der Waals surface area (Å²) < 4.78 is 0.278. The summed E-state index contributed by atoms with van der Waals surface area (Å²) in [7, 11) is 0. The summed E-state index contributed by atoms with van der Waals surface area (Å²) in [5, 5.41) is 0. The van der Waals surface area contributed by atoms with E-state index in [0.717, 1.165) is 5.56 Å². The molecule has 12 heavy (non-hydrogen) atoms. The molecule has 64 valence electrons. The van der Waals surface area contributed by atoms with E-state index < -0.39 is 0 Å². The molecule has 0 saturated heterocycles. The zero-order valence-corrected chi connectivity index (χ0v) is 9.27. The van der Waals surface area contributed by atoms with Gasteiger partial charge in [-0.3, -0.25) is 0 Å². The Balaban J connectivity index is 2.79. The lowest BCUT2D eigenvalue weighted by Crippen LogP contribution is -1.83. The van der Waals surface area contributed by atoms with Crippen LogP contribution in [0.15, 0.2) is 40.9 Å². The summed E-state index contributed by atoms with van der Waals surface area (Å²) in [6, 6.07) is 9.92. The molecule has 0 spiro atoms. The van der Waals surface area contributed by atoms with Crippen LogP contribution < -0.4 is 0 Å². The maximum Gasteiger partial charge on any atom is 0.104 e. The highest BCUT2D eigenvalue weighted by atomic mass is 79.9. The fourth-order valence-electron chi connectivity index (χ4n) is 0.844. The lowest BCUT2D eigenvalue weighted by Gasteiger charge is -2.03. The van der Waals surface area contributed by atoms with Crippen molar-refractivity contribution in [1.82, 2.24) is 0 Å². The first-order valence-corrected chi connectivity index (χ1v) is 5.09. The predicted octanol–water partition coefficient (Wildman–Crippen LogP) is 4.44. The van der Waals surface area contributed by atoms with Gasteiger partial charge in [-0.25, -0.2) is 0 Å². The van der Waals surface area contributed by atoms with E-state index in [9.17, 15) is 0 Å². The monoisotopic (exact) mass is 264 g/mol. The molecule has 1 aromatic carbocycles. The van der Waals surface area contributed by atoms with Gasteiger partial charge in [-0.15, -0.1) is 0 Å². The third kappa shape index (κ3) is 3.18. The maximum absolute atomic E-state index is 5.52. The minimum absolute atomic E-state index is 0.0868. The van der Waals surface area contributed by atoms with E-state index in [1.54, 1.807) is 6.08 Å². The van der Waals surface area contributed by atoms with Crippen LogP contribution in [0.1, 0.15) is 10.4 Å². The van der Waals surface area contributed by atoms with Crippen molar-refractivity contribution in [1.29, 1.82) is 0 Å². The third-order valence-electron chi connectivity index (χ3n) is 1.39. The second-order valence-electron chi connectivity index (χ2n) is 2.27. The number of hydrogen-bond donors (Lipinski definition) is 0. The van der Waals surface area contributed by atoms with Crippen molar-refractivity contribution in [2.24, 2.45) is 0 Å². The molecule has 0 fully saturated rings. The number of alkyl halides is 1. The Bertz CT molecular complexity index is 265. The van der Waals surface area contributed by atoms with Crippen molar-refractivity contribution < 1.29 is 0 Å². The molecule has 0 N–H and O–H groups in total. The van der Waals surface area contributed by atoms with Crippen LogP contribution in [0, 0.1) is 0 Å². The molecule has 1 rings (SSSR count). The highest BCUT2D eigenvalue weighted by molar-refractivity contribution is 9.09. The molecule has 0 aliphatic heterocycles. The molecule has 0 aromatic heterocycles. The van der Waals surface area contributed by atoms with Gasteiger partial charge in [0.05, 0.1) is 4.83 Å². The molecule has 0 bridgehead atoms. The topological polar surface area (TPSA) is 0 Å². The highest BCUT2D eigenvalue weighted by Crippen LogP contribution is 2.26. The van der Waals surface area contributed by atoms with Crippen molar-refractivity contribution in [3.63, 3.8) is 0 Å². The summed E-state index contributed by atoms with van der Waals surface area (Å²) >= 11 is 14.5. The largest absolute Gasteiger partial charge is 0.104 e. The molecular formula is C9H7BrCl2. The first-order chi connectivity index (χ1) is 5.70. The van der Waals surface area contributed by atoms with Crippen molar-refractivity contribution in [3.05, 3.63) is 46.5 Å². The van der Waals surface area contributed by atoms with Gasteiger partial charge in [0.2, 0.25) is 0 Å². The molecule has 1 atom stereocenters. The van der Waals surface area contributed by atoms with Gasteiger partial charge in [-0.2, -0.15) is 0 Å². The Morgan fingerprint density at radius 1 is 1.25 bits per heavy atom. The van der Waals surface area contributed by atoms with Crippen LogP contribution in [0.3, 0.4) is 0 Å². The van der Waals surface area contributed by atoms with Crippen molar-refractivity contribution >= 4 is 39.1 Å². The zero-order valence-electron chi connectivity index (χ0n) is 6.18. The molecule has 0 amide bonds. The summed E-state index contributed by atoms with van der Waals surface area (Å²) in [4.78, 5) is 0.0868. The van der Waals surface area contributed by atoms with Gasteiger partial charge in [-0.1, -0.05) is 69.5 Å². The number of hydrogen-bond acceptors (Lipinski definition) is 0. The smallest absolute Gasteiger partial charge is 0.0792 e. The second kappa shape index (κ2) is 4.90. The Morgan fingerprint density at radius 3 is 2.33 bits per heavy atom. The Kier molecular flexibility index (Phi) is 4.13. The Morgan fingerprint density at radius 2 is 1.83 bits per heavy atom. The van der Waals surface area contributed by atoms with Gasteiger partial charge < -0.3 is 0 Å². The Hall–Kier alpha value is 0.0200. The van der Waals surface area contributed by atoms with E-state index in [1.165, 1.54) is 0 Å². The van der Waals surface area contributed by atoms with Gasteiger partial charge in [-0.05, 0) is 11.6 Å². The quantitative estimate of drug-likeness (QED) is 0.694. The SMILES string of the molecule is ClC(Cl)=CC(Br)c1ccccc1. The van der Waals surface area contributed by atoms with Crippen LogP contribution in [-0.2, 0) is 0 Å². The molecule has 0 nitrogen and oxygen atoms in total. The molecule has 1 unspecified atom stereocenters. The van der Waals surface area contributed by atoms with E-state index in [1.807, 2.05) is 30.3 Å². The second-order valence-corrected chi connectivity index (χ2v) is 4.26. The summed E-state index contributed by atoms with van der Waals surface area (Å²) in [6.07, 6.45) is 1.73. The van der Waals surface area contributed by atoms with Crippen LogP contribution in [0.25, 0.3) is 0 Å². The standard InChI is InChI=1S/C9H7BrCl2/c10-8(6-9(11)12)7-4-2-1-3-5-7/h1-6,8H. The molecule has 0 aliphatic rings. The maximum atomic E-state index is 5.52. The molecule has 1 aromatic rings. The van der Waals surface area contributed by atoms with Crippen LogP contribution in [0.5, 0.6) is 0 Å². The lowest BCUT2D eigenvalue weighted by molar-refractivity contribution is 1.26. The first-order valence-electron chi connectivity index (χ1n) is 3.42. The van der Waals surface area contributed by atoms with Gasteiger partial charge in [0.15, 0.2) is 0 Å². The molecule has 3 heteroatoms. The van der Waals surface area contributed by atoms with Gasteiger partial charge >= 0.3 is 0 Å². The van der Waals surface area contributed by atoms with E-state index in [2.05, 4.69) is 15.9 Å². The average Bonchev–Trinajstić information content (AvgIpc) is 2.05. The Labute approximate surface area is 90.3 Å². The van der Waals surface area contributed by atoms with E-state index in [0.29, 0.717) is 0 Å². The van der Waals surface area contributed by atoms with Crippen molar-refractivity contribution in [2.45, 2.75) is 4.83 Å². The first kappa shape index (κ1) is 10.1. The fourth-order valence-corrected chi connectivity index (χ4v) is 1.97. The third-order valence-corrected chi connectivity index (χ3v) is 2.44. The fraction of sp³-hybridized carbons (Fsp3) is 0.111. The average molecular weight is 266 g/mol. The highest BCUT2D eigenvalue weighted by Gasteiger charge is 2.02. The van der Waals surface area contributed by atoms with E-state index in [4.69, 9.17) is 23.2 Å². The minimum Gasteiger partial charge on any atom is -0.0792 e. The van der Waals surface area contributed by atoms with Gasteiger partial charge in [0, 0.05) is 0 Å². The molecule has 0 radical (unpaired) electrons. The number of rotatable bonds is 2. The molecule has 0 saturated carbocycles. The predicted molar refractivity (Wildman–Crippen MR) is 57.9 cm³/mol.